The molecule has 1 unspecified atom stereocenters. The van der Waals surface area contributed by atoms with Gasteiger partial charge >= 0.3 is 0 Å². The molecule has 1 N–H and O–H groups in total. The number of benzene rings is 2. The van der Waals surface area contributed by atoms with E-state index in [-0.39, 0.29) is 6.04 Å². The number of hydrogen-bond acceptors (Lipinski definition) is 1. The van der Waals surface area contributed by atoms with Crippen LogP contribution in [0.1, 0.15) is 22.7 Å². The van der Waals surface area contributed by atoms with E-state index in [2.05, 4.69) is 37.2 Å². The fraction of sp³-hybridized carbons (Fsp3) is 0.200. The van der Waals surface area contributed by atoms with E-state index in [1.165, 1.54) is 12.1 Å². The summed E-state index contributed by atoms with van der Waals surface area (Å²) in [7, 11) is 1.74. The van der Waals surface area contributed by atoms with Crippen molar-refractivity contribution in [1.82, 2.24) is 5.32 Å². The Labute approximate surface area is 133 Å². The molecule has 0 saturated heterocycles. The van der Waals surface area contributed by atoms with Crippen LogP contribution in [0, 0.1) is 18.6 Å². The Hall–Kier alpha value is -0.780. The Morgan fingerprint density at radius 3 is 2.30 bits per heavy atom. The zero-order valence-electron chi connectivity index (χ0n) is 11.0. The Balaban J connectivity index is 2.55. The smallest absolute Gasteiger partial charge is 0.131 e. The van der Waals surface area contributed by atoms with Gasteiger partial charge in [-0.1, -0.05) is 37.9 Å². The molecule has 0 fully saturated rings. The minimum Gasteiger partial charge on any atom is -0.309 e. The van der Waals surface area contributed by atoms with Gasteiger partial charge in [-0.3, -0.25) is 0 Å². The van der Waals surface area contributed by atoms with Crippen molar-refractivity contribution >= 4 is 31.9 Å². The van der Waals surface area contributed by atoms with E-state index in [1.54, 1.807) is 7.05 Å². The molecule has 0 aromatic heterocycles. The minimum atomic E-state index is -0.578. The Bertz CT molecular complexity index is 644. The fourth-order valence-electron chi connectivity index (χ4n) is 2.10. The van der Waals surface area contributed by atoms with Crippen molar-refractivity contribution in [2.45, 2.75) is 13.0 Å². The molecular weight excluding hydrogens is 392 g/mol. The number of nitrogens with one attached hydrogen (secondary N) is 1. The molecule has 2 rings (SSSR count). The van der Waals surface area contributed by atoms with Crippen molar-refractivity contribution < 1.29 is 8.78 Å². The van der Waals surface area contributed by atoms with Gasteiger partial charge in [0.15, 0.2) is 0 Å². The third-order valence-corrected chi connectivity index (χ3v) is 4.69. The molecule has 0 spiro atoms. The van der Waals surface area contributed by atoms with Gasteiger partial charge in [0.1, 0.15) is 11.6 Å². The van der Waals surface area contributed by atoms with E-state index in [9.17, 15) is 8.78 Å². The van der Waals surface area contributed by atoms with Crippen LogP contribution < -0.4 is 5.32 Å². The lowest BCUT2D eigenvalue weighted by Gasteiger charge is -2.20. The summed E-state index contributed by atoms with van der Waals surface area (Å²) in [4.78, 5) is 0. The quantitative estimate of drug-likeness (QED) is 0.749. The van der Waals surface area contributed by atoms with Gasteiger partial charge < -0.3 is 5.32 Å². The van der Waals surface area contributed by atoms with Crippen molar-refractivity contribution in [3.8, 4) is 0 Å². The molecule has 0 bridgehead atoms. The molecule has 0 aliphatic heterocycles. The predicted octanol–water partition coefficient (Wildman–Crippen LogP) is 5.11. The molecule has 0 amide bonds. The maximum absolute atomic E-state index is 14.0. The molecule has 2 aromatic rings. The molecule has 0 aliphatic rings. The molecule has 0 radical (unpaired) electrons. The van der Waals surface area contributed by atoms with Crippen LogP contribution in [0.4, 0.5) is 8.78 Å². The van der Waals surface area contributed by atoms with Crippen LogP contribution in [-0.2, 0) is 0 Å². The molecular formula is C15H13Br2F2N. The lowest BCUT2D eigenvalue weighted by molar-refractivity contribution is 0.551. The average molecular weight is 405 g/mol. The van der Waals surface area contributed by atoms with Gasteiger partial charge in [0.2, 0.25) is 0 Å². The van der Waals surface area contributed by atoms with Crippen molar-refractivity contribution in [3.63, 3.8) is 0 Å². The SMILES string of the molecule is CNC(c1ccc(F)cc1F)c1cc(Br)c(C)cc1Br. The van der Waals surface area contributed by atoms with Gasteiger partial charge in [0.25, 0.3) is 0 Å². The predicted molar refractivity (Wildman–Crippen MR) is 83.8 cm³/mol. The van der Waals surface area contributed by atoms with E-state index in [4.69, 9.17) is 0 Å². The number of halogens is 4. The molecule has 5 heteroatoms. The van der Waals surface area contributed by atoms with E-state index in [1.807, 2.05) is 19.1 Å². The molecule has 0 heterocycles. The minimum absolute atomic E-state index is 0.359. The van der Waals surface area contributed by atoms with Crippen LogP contribution in [0.3, 0.4) is 0 Å². The molecule has 0 saturated carbocycles. The Morgan fingerprint density at radius 1 is 1.00 bits per heavy atom. The second-order valence-electron chi connectivity index (χ2n) is 4.51. The van der Waals surface area contributed by atoms with Crippen LogP contribution >= 0.6 is 31.9 Å². The maximum atomic E-state index is 14.0. The van der Waals surface area contributed by atoms with Crippen molar-refractivity contribution in [3.05, 3.63) is 67.6 Å². The number of aryl methyl sites for hydroxylation is 1. The highest BCUT2D eigenvalue weighted by Crippen LogP contribution is 2.33. The van der Waals surface area contributed by atoms with Crippen LogP contribution in [0.25, 0.3) is 0 Å². The third-order valence-electron chi connectivity index (χ3n) is 3.15. The van der Waals surface area contributed by atoms with Crippen LogP contribution in [0.2, 0.25) is 0 Å². The topological polar surface area (TPSA) is 12.0 Å². The van der Waals surface area contributed by atoms with Crippen molar-refractivity contribution in [2.24, 2.45) is 0 Å². The van der Waals surface area contributed by atoms with Crippen LogP contribution in [0.5, 0.6) is 0 Å². The largest absolute Gasteiger partial charge is 0.309 e. The summed E-state index contributed by atoms with van der Waals surface area (Å²) in [6.07, 6.45) is 0. The van der Waals surface area contributed by atoms with Gasteiger partial charge in [0.05, 0.1) is 6.04 Å². The van der Waals surface area contributed by atoms with Crippen LogP contribution in [-0.4, -0.2) is 7.05 Å². The molecule has 0 aliphatic carbocycles. The number of rotatable bonds is 3. The zero-order valence-corrected chi connectivity index (χ0v) is 14.1. The molecule has 20 heavy (non-hydrogen) atoms. The summed E-state index contributed by atoms with van der Waals surface area (Å²) in [5.74, 6) is -1.14. The highest BCUT2D eigenvalue weighted by molar-refractivity contribution is 9.11. The first-order valence-corrected chi connectivity index (χ1v) is 7.60. The zero-order chi connectivity index (χ0) is 14.9. The van der Waals surface area contributed by atoms with E-state index >= 15 is 0 Å². The first-order valence-electron chi connectivity index (χ1n) is 6.01. The molecule has 1 atom stereocenters. The van der Waals surface area contributed by atoms with Gasteiger partial charge in [0, 0.05) is 20.6 Å². The molecule has 1 nitrogen and oxygen atoms in total. The van der Waals surface area contributed by atoms with Gasteiger partial charge in [-0.25, -0.2) is 8.78 Å². The van der Waals surface area contributed by atoms with Gasteiger partial charge in [-0.2, -0.15) is 0 Å². The summed E-state index contributed by atoms with van der Waals surface area (Å²) in [6, 6.07) is 7.17. The average Bonchev–Trinajstić information content (AvgIpc) is 2.38. The van der Waals surface area contributed by atoms with E-state index in [0.29, 0.717) is 5.56 Å². The summed E-state index contributed by atoms with van der Waals surface area (Å²) in [5, 5.41) is 3.07. The lowest BCUT2D eigenvalue weighted by atomic mass is 9.97. The first-order chi connectivity index (χ1) is 9.43. The van der Waals surface area contributed by atoms with Crippen molar-refractivity contribution in [1.29, 1.82) is 0 Å². The summed E-state index contributed by atoms with van der Waals surface area (Å²) < 4.78 is 28.8. The van der Waals surface area contributed by atoms with Crippen LogP contribution in [0.15, 0.2) is 39.3 Å². The number of hydrogen-bond donors (Lipinski definition) is 1. The standard InChI is InChI=1S/C15H13Br2F2N/c1-8-5-13(17)11(7-12(8)16)15(20-2)10-4-3-9(18)6-14(10)19/h3-7,15,20H,1-2H3. The van der Waals surface area contributed by atoms with E-state index < -0.39 is 11.6 Å². The Morgan fingerprint density at radius 2 is 1.70 bits per heavy atom. The van der Waals surface area contributed by atoms with Crippen molar-refractivity contribution in [2.75, 3.05) is 7.05 Å². The highest BCUT2D eigenvalue weighted by Gasteiger charge is 2.20. The van der Waals surface area contributed by atoms with E-state index in [0.717, 1.165) is 26.1 Å². The summed E-state index contributed by atoms with van der Waals surface area (Å²) in [6.45, 7) is 1.98. The second kappa shape index (κ2) is 6.33. The fourth-order valence-corrected chi connectivity index (χ4v) is 3.14. The monoisotopic (exact) mass is 403 g/mol. The lowest BCUT2D eigenvalue weighted by Crippen LogP contribution is -2.19. The third kappa shape index (κ3) is 3.10. The molecule has 106 valence electrons. The summed E-state index contributed by atoms with van der Waals surface area (Å²) >= 11 is 6.98. The maximum Gasteiger partial charge on any atom is 0.131 e. The van der Waals surface area contributed by atoms with Gasteiger partial charge in [-0.15, -0.1) is 0 Å². The highest BCUT2D eigenvalue weighted by atomic mass is 79.9. The normalized spacial score (nSPS) is 12.5. The second-order valence-corrected chi connectivity index (χ2v) is 6.22. The van der Waals surface area contributed by atoms with Gasteiger partial charge in [-0.05, 0) is 43.3 Å². The molecule has 2 aromatic carbocycles. The Kier molecular flexibility index (Phi) is 4.94. The first kappa shape index (κ1) is 15.6. The summed E-state index contributed by atoms with van der Waals surface area (Å²) in [5.41, 5.74) is 2.37.